The lowest BCUT2D eigenvalue weighted by Crippen LogP contribution is -1.92. The molecule has 0 aliphatic heterocycles. The number of aldehydes is 1. The molecule has 0 bridgehead atoms. The Morgan fingerprint density at radius 3 is 2.77 bits per heavy atom. The lowest BCUT2D eigenvalue weighted by atomic mass is 10.2. The molecule has 0 saturated heterocycles. The number of para-hydroxylation sites is 1. The van der Waals surface area contributed by atoms with Crippen molar-refractivity contribution in [3.63, 3.8) is 0 Å². The third-order valence-electron chi connectivity index (χ3n) is 1.72. The number of hydrogen-bond acceptors (Lipinski definition) is 3. The summed E-state index contributed by atoms with van der Waals surface area (Å²) in [5, 5.41) is 0.822. The summed E-state index contributed by atoms with van der Waals surface area (Å²) in [5.74, 6) is 0. The standard InChI is InChI=1S/C9H5ClN2O/c10-9-11-7-4-2-1-3-6(7)8(5-13)12-9/h1-5H. The Labute approximate surface area is 79.4 Å². The van der Waals surface area contributed by atoms with Crippen molar-refractivity contribution in [2.24, 2.45) is 0 Å². The fraction of sp³-hybridized carbons (Fsp3) is 0. The molecule has 13 heavy (non-hydrogen) atoms. The van der Waals surface area contributed by atoms with E-state index in [-0.39, 0.29) is 5.28 Å². The van der Waals surface area contributed by atoms with Gasteiger partial charge in [0, 0.05) is 5.39 Å². The molecule has 0 N–H and O–H groups in total. The van der Waals surface area contributed by atoms with Crippen LogP contribution in [-0.4, -0.2) is 16.3 Å². The maximum Gasteiger partial charge on any atom is 0.223 e. The van der Waals surface area contributed by atoms with Crippen LogP contribution in [0.25, 0.3) is 10.9 Å². The molecule has 0 unspecified atom stereocenters. The van der Waals surface area contributed by atoms with E-state index in [1.807, 2.05) is 12.1 Å². The summed E-state index contributed by atoms with van der Waals surface area (Å²) in [7, 11) is 0. The number of carbonyl (C=O) groups is 1. The number of benzene rings is 1. The van der Waals surface area contributed by atoms with E-state index in [0.29, 0.717) is 17.5 Å². The number of aromatic nitrogens is 2. The Kier molecular flexibility index (Phi) is 1.94. The van der Waals surface area contributed by atoms with Gasteiger partial charge in [-0.25, -0.2) is 9.97 Å². The zero-order valence-corrected chi connectivity index (χ0v) is 7.32. The average molecular weight is 193 g/mol. The van der Waals surface area contributed by atoms with Crippen molar-refractivity contribution in [2.45, 2.75) is 0 Å². The predicted molar refractivity (Wildman–Crippen MR) is 49.9 cm³/mol. The summed E-state index contributed by atoms with van der Waals surface area (Å²) in [6.45, 7) is 0. The Morgan fingerprint density at radius 1 is 1.23 bits per heavy atom. The highest BCUT2D eigenvalue weighted by Gasteiger charge is 2.03. The fourth-order valence-electron chi connectivity index (χ4n) is 1.16. The van der Waals surface area contributed by atoms with Crippen molar-refractivity contribution in [1.82, 2.24) is 9.97 Å². The van der Waals surface area contributed by atoms with E-state index < -0.39 is 0 Å². The predicted octanol–water partition coefficient (Wildman–Crippen LogP) is 2.10. The minimum Gasteiger partial charge on any atom is -0.296 e. The minimum absolute atomic E-state index is 0.0980. The fourth-order valence-corrected chi connectivity index (χ4v) is 1.34. The number of halogens is 1. The number of hydrogen-bond donors (Lipinski definition) is 0. The first-order valence-electron chi connectivity index (χ1n) is 3.69. The molecule has 1 aromatic heterocycles. The smallest absolute Gasteiger partial charge is 0.223 e. The highest BCUT2D eigenvalue weighted by atomic mass is 35.5. The first kappa shape index (κ1) is 8.13. The van der Waals surface area contributed by atoms with Gasteiger partial charge in [0.25, 0.3) is 0 Å². The number of nitrogens with zero attached hydrogens (tertiary/aromatic N) is 2. The van der Waals surface area contributed by atoms with Crippen molar-refractivity contribution in [3.05, 3.63) is 35.2 Å². The van der Waals surface area contributed by atoms with Gasteiger partial charge in [-0.1, -0.05) is 18.2 Å². The highest BCUT2D eigenvalue weighted by Crippen LogP contribution is 2.15. The van der Waals surface area contributed by atoms with Crippen molar-refractivity contribution in [3.8, 4) is 0 Å². The van der Waals surface area contributed by atoms with Gasteiger partial charge < -0.3 is 0 Å². The van der Waals surface area contributed by atoms with Gasteiger partial charge in [-0.2, -0.15) is 0 Å². The van der Waals surface area contributed by atoms with Crippen LogP contribution in [0.5, 0.6) is 0 Å². The van der Waals surface area contributed by atoms with Crippen LogP contribution in [0.2, 0.25) is 5.28 Å². The molecule has 0 fully saturated rings. The largest absolute Gasteiger partial charge is 0.296 e. The number of fused-ring (bicyclic) bond motifs is 1. The molecule has 0 spiro atoms. The Hall–Kier alpha value is -1.48. The van der Waals surface area contributed by atoms with Crippen LogP contribution in [-0.2, 0) is 0 Å². The van der Waals surface area contributed by atoms with E-state index in [9.17, 15) is 4.79 Å². The van der Waals surface area contributed by atoms with Gasteiger partial charge in [0.1, 0.15) is 5.69 Å². The molecule has 0 aliphatic rings. The molecule has 2 rings (SSSR count). The summed E-state index contributed by atoms with van der Waals surface area (Å²) in [6, 6.07) is 7.23. The van der Waals surface area contributed by atoms with Crippen LogP contribution < -0.4 is 0 Å². The van der Waals surface area contributed by atoms with Crippen molar-refractivity contribution in [1.29, 1.82) is 0 Å². The van der Waals surface area contributed by atoms with Gasteiger partial charge in [-0.05, 0) is 17.7 Å². The van der Waals surface area contributed by atoms with Gasteiger partial charge in [0.15, 0.2) is 6.29 Å². The van der Waals surface area contributed by atoms with E-state index in [2.05, 4.69) is 9.97 Å². The monoisotopic (exact) mass is 192 g/mol. The second-order valence-electron chi connectivity index (χ2n) is 2.51. The third-order valence-corrected chi connectivity index (χ3v) is 1.89. The van der Waals surface area contributed by atoms with Crippen LogP contribution >= 0.6 is 11.6 Å². The van der Waals surface area contributed by atoms with Gasteiger partial charge in [0.2, 0.25) is 5.28 Å². The second kappa shape index (κ2) is 3.11. The minimum atomic E-state index is 0.0980. The van der Waals surface area contributed by atoms with E-state index in [0.717, 1.165) is 5.39 Å². The van der Waals surface area contributed by atoms with Crippen molar-refractivity contribution >= 4 is 28.8 Å². The van der Waals surface area contributed by atoms with Crippen LogP contribution in [0, 0.1) is 0 Å². The SMILES string of the molecule is O=Cc1nc(Cl)nc2ccccc12. The molecule has 4 heteroatoms. The lowest BCUT2D eigenvalue weighted by molar-refractivity contribution is 0.112. The van der Waals surface area contributed by atoms with E-state index in [1.165, 1.54) is 0 Å². The first-order valence-corrected chi connectivity index (χ1v) is 4.06. The molecular weight excluding hydrogens is 188 g/mol. The quantitative estimate of drug-likeness (QED) is 0.513. The summed E-state index contributed by atoms with van der Waals surface area (Å²) < 4.78 is 0. The molecule has 3 nitrogen and oxygen atoms in total. The summed E-state index contributed by atoms with van der Waals surface area (Å²) in [6.07, 6.45) is 0.676. The van der Waals surface area contributed by atoms with Crippen LogP contribution in [0.4, 0.5) is 0 Å². The van der Waals surface area contributed by atoms with Crippen molar-refractivity contribution in [2.75, 3.05) is 0 Å². The van der Waals surface area contributed by atoms with E-state index >= 15 is 0 Å². The zero-order valence-electron chi connectivity index (χ0n) is 6.57. The van der Waals surface area contributed by atoms with Crippen molar-refractivity contribution < 1.29 is 4.79 Å². The molecule has 0 atom stereocenters. The summed E-state index contributed by atoms with van der Waals surface area (Å²) >= 11 is 5.62. The normalized spacial score (nSPS) is 10.2. The van der Waals surface area contributed by atoms with Gasteiger partial charge in [-0.3, -0.25) is 4.79 Å². The molecule has 0 aliphatic carbocycles. The van der Waals surface area contributed by atoms with Gasteiger partial charge in [-0.15, -0.1) is 0 Å². The lowest BCUT2D eigenvalue weighted by Gasteiger charge is -1.98. The summed E-state index contributed by atoms with van der Waals surface area (Å²) in [5.41, 5.74) is 1.01. The zero-order chi connectivity index (χ0) is 9.26. The Balaban J connectivity index is 2.89. The maximum absolute atomic E-state index is 10.6. The molecule has 2 aromatic rings. The number of carbonyl (C=O) groups excluding carboxylic acids is 1. The molecule has 0 radical (unpaired) electrons. The Morgan fingerprint density at radius 2 is 2.00 bits per heavy atom. The van der Waals surface area contributed by atoms with E-state index in [4.69, 9.17) is 11.6 Å². The maximum atomic E-state index is 10.6. The highest BCUT2D eigenvalue weighted by molar-refractivity contribution is 6.28. The molecule has 1 heterocycles. The third kappa shape index (κ3) is 1.38. The van der Waals surface area contributed by atoms with Crippen LogP contribution in [0.15, 0.2) is 24.3 Å². The molecular formula is C9H5ClN2O. The Bertz CT molecular complexity index is 470. The molecule has 64 valence electrons. The van der Waals surface area contributed by atoms with Gasteiger partial charge in [0.05, 0.1) is 5.52 Å². The molecule has 0 saturated carbocycles. The number of rotatable bonds is 1. The van der Waals surface area contributed by atoms with Crippen LogP contribution in [0.3, 0.4) is 0 Å². The average Bonchev–Trinajstić information content (AvgIpc) is 2.16. The molecule has 0 amide bonds. The van der Waals surface area contributed by atoms with E-state index in [1.54, 1.807) is 12.1 Å². The summed E-state index contributed by atoms with van der Waals surface area (Å²) in [4.78, 5) is 18.4. The van der Waals surface area contributed by atoms with Gasteiger partial charge >= 0.3 is 0 Å². The molecule has 1 aromatic carbocycles. The van der Waals surface area contributed by atoms with Crippen LogP contribution in [0.1, 0.15) is 10.5 Å². The topological polar surface area (TPSA) is 42.9 Å². The first-order chi connectivity index (χ1) is 6.31. The second-order valence-corrected chi connectivity index (χ2v) is 2.85.